The summed E-state index contributed by atoms with van der Waals surface area (Å²) >= 11 is 6.16. The fourth-order valence-electron chi connectivity index (χ4n) is 3.01. The third-order valence-electron chi connectivity index (χ3n) is 5.04. The Morgan fingerprint density at radius 1 is 1.11 bits per heavy atom. The summed E-state index contributed by atoms with van der Waals surface area (Å²) in [6, 6.07) is 13.6. The minimum absolute atomic E-state index is 0.397. The van der Waals surface area contributed by atoms with Crippen LogP contribution in [-0.4, -0.2) is 18.7 Å². The number of allylic oxidation sites excluding steroid dienone is 5. The Morgan fingerprint density at radius 3 is 2.46 bits per heavy atom. The van der Waals surface area contributed by atoms with Gasteiger partial charge < -0.3 is 15.2 Å². The zero-order valence-corrected chi connectivity index (χ0v) is 21.7. The zero-order chi connectivity index (χ0) is 25.8. The molecule has 0 saturated carbocycles. The largest absolute Gasteiger partial charge is 0.497 e. The van der Waals surface area contributed by atoms with E-state index in [1.807, 2.05) is 49.4 Å². The molecule has 6 heteroatoms. The molecule has 184 valence electrons. The van der Waals surface area contributed by atoms with Crippen molar-refractivity contribution in [2.75, 3.05) is 7.11 Å². The van der Waals surface area contributed by atoms with Crippen LogP contribution in [0.4, 0.5) is 0 Å². The van der Waals surface area contributed by atoms with E-state index >= 15 is 0 Å². The first-order valence-electron chi connectivity index (χ1n) is 11.3. The highest BCUT2D eigenvalue weighted by molar-refractivity contribution is 6.30. The van der Waals surface area contributed by atoms with Crippen LogP contribution in [0.3, 0.4) is 0 Å². The molecule has 2 aromatic carbocycles. The Hall–Kier alpha value is -3.57. The number of ether oxygens (including phenoxy) is 2. The lowest BCUT2D eigenvalue weighted by Crippen LogP contribution is -2.12. The quantitative estimate of drug-likeness (QED) is 0.420. The average Bonchev–Trinajstić information content (AvgIpc) is 3.07. The predicted octanol–water partition coefficient (Wildman–Crippen LogP) is 7.07. The van der Waals surface area contributed by atoms with Crippen LogP contribution in [0.1, 0.15) is 45.2 Å². The highest BCUT2D eigenvalue weighted by atomic mass is 35.5. The summed E-state index contributed by atoms with van der Waals surface area (Å²) in [6.07, 6.45) is 9.87. The maximum absolute atomic E-state index is 10.7. The second-order valence-electron chi connectivity index (χ2n) is 8.28. The molecule has 2 N–H and O–H groups in total. The summed E-state index contributed by atoms with van der Waals surface area (Å²) in [7, 11) is 1.66. The molecule has 0 bridgehead atoms. The van der Waals surface area contributed by atoms with Crippen molar-refractivity contribution in [3.8, 4) is 11.5 Å². The van der Waals surface area contributed by atoms with Gasteiger partial charge in [-0.1, -0.05) is 47.5 Å². The maximum Gasteiger partial charge on any atom is 0.248 e. The predicted molar refractivity (Wildman–Crippen MR) is 146 cm³/mol. The van der Waals surface area contributed by atoms with Crippen LogP contribution in [0, 0.1) is 0 Å². The van der Waals surface area contributed by atoms with Crippen molar-refractivity contribution in [1.29, 1.82) is 0 Å². The van der Waals surface area contributed by atoms with Crippen molar-refractivity contribution in [2.24, 2.45) is 10.7 Å². The monoisotopic (exact) mass is 492 g/mol. The summed E-state index contributed by atoms with van der Waals surface area (Å²) in [6.45, 7) is 8.61. The molecule has 0 atom stereocenters. The lowest BCUT2D eigenvalue weighted by Gasteiger charge is -2.13. The van der Waals surface area contributed by atoms with E-state index in [0.717, 1.165) is 33.9 Å². The van der Waals surface area contributed by atoms with E-state index in [1.54, 1.807) is 25.5 Å². The maximum atomic E-state index is 10.7. The van der Waals surface area contributed by atoms with Gasteiger partial charge in [-0.3, -0.25) is 9.79 Å². The summed E-state index contributed by atoms with van der Waals surface area (Å²) in [5.74, 6) is 1.27. The van der Waals surface area contributed by atoms with Gasteiger partial charge in [0.2, 0.25) is 5.91 Å². The van der Waals surface area contributed by atoms with Crippen LogP contribution >= 0.6 is 11.6 Å². The SMILES string of the molecule is CC1=NC=CC(C(N)=O)=CC1.COc1ccc(COc2ccc(Cl)cc2/C(C)=C/C=C(C)C)cc1. The Balaban J connectivity index is 0.000000328. The van der Waals surface area contributed by atoms with Crippen molar-refractivity contribution in [2.45, 2.75) is 40.7 Å². The van der Waals surface area contributed by atoms with Gasteiger partial charge in [0.25, 0.3) is 0 Å². The van der Waals surface area contributed by atoms with Gasteiger partial charge in [0.05, 0.1) is 7.11 Å². The first kappa shape index (κ1) is 27.7. The van der Waals surface area contributed by atoms with E-state index in [4.69, 9.17) is 26.8 Å². The van der Waals surface area contributed by atoms with Crippen molar-refractivity contribution < 1.29 is 14.3 Å². The molecular formula is C29H33ClN2O3. The molecule has 2 aromatic rings. The fraction of sp³-hybridized carbons (Fsp3) is 0.241. The summed E-state index contributed by atoms with van der Waals surface area (Å²) < 4.78 is 11.2. The first-order valence-corrected chi connectivity index (χ1v) is 11.6. The fourth-order valence-corrected chi connectivity index (χ4v) is 3.18. The van der Waals surface area contributed by atoms with Crippen LogP contribution in [0.25, 0.3) is 5.57 Å². The summed E-state index contributed by atoms with van der Waals surface area (Å²) in [5, 5.41) is 0.701. The molecule has 1 amide bonds. The second kappa shape index (κ2) is 14.0. The van der Waals surface area contributed by atoms with Crippen molar-refractivity contribution in [3.05, 3.63) is 100 Å². The van der Waals surface area contributed by atoms with Gasteiger partial charge >= 0.3 is 0 Å². The molecule has 5 nitrogen and oxygen atoms in total. The molecule has 0 saturated heterocycles. The van der Waals surface area contributed by atoms with Gasteiger partial charge in [-0.2, -0.15) is 0 Å². The van der Waals surface area contributed by atoms with Crippen molar-refractivity contribution >= 4 is 28.8 Å². The molecule has 0 aromatic heterocycles. The molecule has 0 radical (unpaired) electrons. The number of nitrogens with two attached hydrogens (primary N) is 1. The topological polar surface area (TPSA) is 73.9 Å². The molecule has 1 aliphatic rings. The standard InChI is InChI=1S/C21H23ClO2.C8H10N2O/c1-15(2)5-6-16(3)20-13-18(22)9-12-21(20)24-14-17-7-10-19(23-4)11-8-17;1-6-2-3-7(8(9)11)4-5-10-6/h5-13H,14H2,1-4H3;3-5H,2H2,1H3,(H2,9,11)/b16-6+;. The highest BCUT2D eigenvalue weighted by Crippen LogP contribution is 2.30. The number of hydrogen-bond acceptors (Lipinski definition) is 4. The highest BCUT2D eigenvalue weighted by Gasteiger charge is 2.07. The molecule has 0 unspecified atom stereocenters. The number of primary amides is 1. The van der Waals surface area contributed by atoms with E-state index in [0.29, 0.717) is 23.6 Å². The molecule has 0 aliphatic carbocycles. The molecule has 1 heterocycles. The van der Waals surface area contributed by atoms with Gasteiger partial charge in [0.15, 0.2) is 0 Å². The number of hydrogen-bond donors (Lipinski definition) is 1. The van der Waals surface area contributed by atoms with E-state index in [1.165, 1.54) is 5.57 Å². The van der Waals surface area contributed by atoms with E-state index in [9.17, 15) is 4.79 Å². The Labute approximate surface area is 213 Å². The van der Waals surface area contributed by atoms with Crippen LogP contribution < -0.4 is 15.2 Å². The van der Waals surface area contributed by atoms with Crippen molar-refractivity contribution in [1.82, 2.24) is 0 Å². The number of amides is 1. The zero-order valence-electron chi connectivity index (χ0n) is 21.0. The molecule has 1 aliphatic heterocycles. The number of aliphatic imine (C=N–C) groups is 1. The second-order valence-corrected chi connectivity index (χ2v) is 8.72. The lowest BCUT2D eigenvalue weighted by molar-refractivity contribution is -0.114. The Kier molecular flexibility index (Phi) is 11.0. The lowest BCUT2D eigenvalue weighted by atomic mass is 10.1. The number of nitrogens with zero attached hydrogens (tertiary/aromatic N) is 1. The van der Waals surface area contributed by atoms with Gasteiger partial charge in [-0.15, -0.1) is 0 Å². The minimum atomic E-state index is -0.397. The van der Waals surface area contributed by atoms with Crippen molar-refractivity contribution in [3.63, 3.8) is 0 Å². The van der Waals surface area contributed by atoms with Gasteiger partial charge in [-0.25, -0.2) is 0 Å². The molecule has 3 rings (SSSR count). The minimum Gasteiger partial charge on any atom is -0.497 e. The normalized spacial score (nSPS) is 12.9. The number of halogens is 1. The Morgan fingerprint density at radius 2 is 1.83 bits per heavy atom. The third-order valence-corrected chi connectivity index (χ3v) is 5.27. The number of rotatable bonds is 7. The number of benzene rings is 2. The summed E-state index contributed by atoms with van der Waals surface area (Å²) in [5.41, 5.74) is 11.0. The molecule has 35 heavy (non-hydrogen) atoms. The number of carbonyl (C=O) groups excluding carboxylic acids is 1. The van der Waals surface area contributed by atoms with Gasteiger partial charge in [0, 0.05) is 34.5 Å². The molecular weight excluding hydrogens is 460 g/mol. The van der Waals surface area contributed by atoms with Crippen LogP contribution in [0.5, 0.6) is 11.5 Å². The molecule has 0 spiro atoms. The van der Waals surface area contributed by atoms with Gasteiger partial charge in [-0.05, 0) is 75.2 Å². The smallest absolute Gasteiger partial charge is 0.248 e. The average molecular weight is 493 g/mol. The van der Waals surface area contributed by atoms with E-state index in [2.05, 4.69) is 37.9 Å². The van der Waals surface area contributed by atoms with Crippen LogP contribution in [0.15, 0.2) is 89.1 Å². The van der Waals surface area contributed by atoms with Gasteiger partial charge in [0.1, 0.15) is 18.1 Å². The number of methoxy groups -OCH3 is 1. The Bertz CT molecular complexity index is 1170. The summed E-state index contributed by atoms with van der Waals surface area (Å²) in [4.78, 5) is 14.7. The first-order chi connectivity index (χ1) is 16.7. The third kappa shape index (κ3) is 9.67. The van der Waals surface area contributed by atoms with E-state index < -0.39 is 5.91 Å². The number of carbonyl (C=O) groups is 1. The molecule has 0 fully saturated rings. The van der Waals surface area contributed by atoms with E-state index in [-0.39, 0.29) is 0 Å². The van der Waals surface area contributed by atoms with Crippen LogP contribution in [-0.2, 0) is 11.4 Å². The van der Waals surface area contributed by atoms with Crippen LogP contribution in [0.2, 0.25) is 5.02 Å².